The molecule has 2 N–H and O–H groups in total. The maximum absolute atomic E-state index is 13.0. The van der Waals surface area contributed by atoms with Gasteiger partial charge in [-0.15, -0.1) is 0 Å². The quantitative estimate of drug-likeness (QED) is 0.157. The molecule has 222 valence electrons. The summed E-state index contributed by atoms with van der Waals surface area (Å²) in [6, 6.07) is 16.8. The van der Waals surface area contributed by atoms with Gasteiger partial charge in [0.2, 0.25) is 5.91 Å². The van der Waals surface area contributed by atoms with Gasteiger partial charge in [-0.3, -0.25) is 14.8 Å². The van der Waals surface area contributed by atoms with Crippen molar-refractivity contribution in [3.8, 4) is 17.6 Å². The van der Waals surface area contributed by atoms with Gasteiger partial charge in [-0.2, -0.15) is 5.26 Å². The van der Waals surface area contributed by atoms with E-state index in [-0.39, 0.29) is 18.6 Å². The van der Waals surface area contributed by atoms with Crippen molar-refractivity contribution in [2.45, 2.75) is 39.3 Å². The lowest BCUT2D eigenvalue weighted by Crippen LogP contribution is -2.26. The molecule has 2 aromatic heterocycles. The molecule has 0 aliphatic rings. The summed E-state index contributed by atoms with van der Waals surface area (Å²) < 4.78 is 11.7. The van der Waals surface area contributed by atoms with Crippen LogP contribution in [0.15, 0.2) is 73.1 Å². The van der Waals surface area contributed by atoms with Crippen molar-refractivity contribution in [2.75, 3.05) is 31.3 Å². The zero-order valence-corrected chi connectivity index (χ0v) is 25.5. The topological polar surface area (TPSA) is 112 Å². The minimum Gasteiger partial charge on any atom is -0.492 e. The molecule has 0 radical (unpaired) electrons. The highest BCUT2D eigenvalue weighted by molar-refractivity contribution is 6.32. The maximum Gasteiger partial charge on any atom is 0.248 e. The van der Waals surface area contributed by atoms with E-state index in [0.29, 0.717) is 56.7 Å². The number of ether oxygens (including phenoxy) is 2. The summed E-state index contributed by atoms with van der Waals surface area (Å²) in [5.74, 6) is 0.707. The van der Waals surface area contributed by atoms with E-state index in [1.165, 1.54) is 6.20 Å². The Labute approximate surface area is 257 Å². The Balaban J connectivity index is 1.64. The summed E-state index contributed by atoms with van der Waals surface area (Å²) in [5.41, 5.74) is 3.34. The van der Waals surface area contributed by atoms with Crippen LogP contribution >= 0.6 is 11.6 Å². The van der Waals surface area contributed by atoms with Crippen LogP contribution in [0.1, 0.15) is 37.9 Å². The Hall–Kier alpha value is -4.65. The average Bonchev–Trinajstić information content (AvgIpc) is 3.00. The van der Waals surface area contributed by atoms with Gasteiger partial charge in [-0.05, 0) is 63.8 Å². The van der Waals surface area contributed by atoms with Crippen LogP contribution in [0, 0.1) is 11.3 Å². The lowest BCUT2D eigenvalue weighted by atomic mass is 10.1. The van der Waals surface area contributed by atoms with E-state index < -0.39 is 0 Å². The fourth-order valence-electron chi connectivity index (χ4n) is 4.48. The first-order chi connectivity index (χ1) is 20.8. The van der Waals surface area contributed by atoms with Crippen LogP contribution in [0.4, 0.5) is 17.1 Å². The smallest absolute Gasteiger partial charge is 0.248 e. The number of nitriles is 1. The van der Waals surface area contributed by atoms with Crippen LogP contribution in [0.3, 0.4) is 0 Å². The monoisotopic (exact) mass is 598 g/mol. The lowest BCUT2D eigenvalue weighted by Gasteiger charge is -2.20. The van der Waals surface area contributed by atoms with E-state index in [1.807, 2.05) is 51.4 Å². The normalized spacial score (nSPS) is 11.8. The van der Waals surface area contributed by atoms with Crippen LogP contribution in [0.25, 0.3) is 10.9 Å². The molecular formula is C33H35ClN6O3. The van der Waals surface area contributed by atoms with E-state index in [0.717, 1.165) is 18.5 Å². The number of nitrogens with one attached hydrogen (secondary N) is 2. The van der Waals surface area contributed by atoms with E-state index in [2.05, 4.69) is 38.5 Å². The first-order valence-corrected chi connectivity index (χ1v) is 14.4. The predicted octanol–water partition coefficient (Wildman–Crippen LogP) is 7.10. The van der Waals surface area contributed by atoms with E-state index in [4.69, 9.17) is 21.1 Å². The summed E-state index contributed by atoms with van der Waals surface area (Å²) in [4.78, 5) is 23.8. The minimum atomic E-state index is -0.282. The van der Waals surface area contributed by atoms with Gasteiger partial charge in [0, 0.05) is 41.7 Å². The molecular weight excluding hydrogens is 564 g/mol. The molecule has 0 bridgehead atoms. The summed E-state index contributed by atoms with van der Waals surface area (Å²) in [5, 5.41) is 17.2. The number of amides is 1. The van der Waals surface area contributed by atoms with Crippen molar-refractivity contribution < 1.29 is 14.3 Å². The average molecular weight is 599 g/mol. The van der Waals surface area contributed by atoms with Crippen molar-refractivity contribution in [3.63, 3.8) is 0 Å². The summed E-state index contributed by atoms with van der Waals surface area (Å²) >= 11 is 6.55. The molecule has 1 unspecified atom stereocenters. The first-order valence-electron chi connectivity index (χ1n) is 14.1. The van der Waals surface area contributed by atoms with E-state index in [9.17, 15) is 10.1 Å². The van der Waals surface area contributed by atoms with Crippen LogP contribution < -0.4 is 20.1 Å². The molecule has 0 aliphatic heterocycles. The van der Waals surface area contributed by atoms with Crippen LogP contribution in [-0.2, 0) is 11.4 Å². The Kier molecular flexibility index (Phi) is 10.9. The second kappa shape index (κ2) is 15.0. The molecule has 4 aromatic rings. The Morgan fingerprint density at radius 2 is 1.95 bits per heavy atom. The number of anilines is 3. The third-order valence-corrected chi connectivity index (χ3v) is 6.96. The zero-order valence-electron chi connectivity index (χ0n) is 24.7. The molecule has 2 aromatic carbocycles. The van der Waals surface area contributed by atoms with Crippen molar-refractivity contribution in [1.82, 2.24) is 14.9 Å². The van der Waals surface area contributed by atoms with Crippen LogP contribution in [0.2, 0.25) is 5.02 Å². The van der Waals surface area contributed by atoms with Crippen molar-refractivity contribution in [2.24, 2.45) is 0 Å². The van der Waals surface area contributed by atoms with Crippen molar-refractivity contribution in [1.29, 1.82) is 5.26 Å². The highest BCUT2D eigenvalue weighted by Crippen LogP contribution is 2.37. The summed E-state index contributed by atoms with van der Waals surface area (Å²) in [7, 11) is 3.98. The summed E-state index contributed by atoms with van der Waals surface area (Å²) in [6.07, 6.45) is 8.60. The number of pyridine rings is 2. The SMILES string of the molecule is CCCC(C=CC(=O)Nc1cc2c(Nc3ccc(OCc4ccccn4)c(Cl)c3)c(C#N)cnc2cc1OCC)N(C)C. The van der Waals surface area contributed by atoms with Crippen molar-refractivity contribution in [3.05, 3.63) is 89.4 Å². The fourth-order valence-corrected chi connectivity index (χ4v) is 4.72. The van der Waals surface area contributed by atoms with Gasteiger partial charge in [0.05, 0.1) is 39.8 Å². The molecule has 4 rings (SSSR count). The number of likely N-dealkylation sites (N-methyl/N-ethyl adjacent to an activating group) is 1. The van der Waals surface area contributed by atoms with Crippen LogP contribution in [0.5, 0.6) is 11.5 Å². The molecule has 1 atom stereocenters. The van der Waals surface area contributed by atoms with Gasteiger partial charge < -0.3 is 25.0 Å². The van der Waals surface area contributed by atoms with Gasteiger partial charge >= 0.3 is 0 Å². The third-order valence-electron chi connectivity index (χ3n) is 6.67. The zero-order chi connectivity index (χ0) is 30.8. The first kappa shape index (κ1) is 31.3. The number of hydrogen-bond acceptors (Lipinski definition) is 8. The third kappa shape index (κ3) is 8.22. The largest absolute Gasteiger partial charge is 0.492 e. The highest BCUT2D eigenvalue weighted by Gasteiger charge is 2.16. The number of hydrogen-bond donors (Lipinski definition) is 2. The standard InChI is InChI=1S/C33H35ClN6O3/c1-5-9-25(40(3)4)12-14-32(41)39-29-17-26-28(18-31(29)42-6-2)37-20-22(19-35)33(26)38-23-11-13-30(27(34)16-23)43-21-24-10-7-8-15-36-24/h7-8,10-18,20,25H,5-6,9,21H2,1-4H3,(H,37,38)(H,39,41). The summed E-state index contributed by atoms with van der Waals surface area (Å²) in [6.45, 7) is 4.66. The molecule has 0 saturated heterocycles. The van der Waals surface area contributed by atoms with Gasteiger partial charge in [-0.1, -0.05) is 37.1 Å². The Morgan fingerprint density at radius 3 is 2.63 bits per heavy atom. The number of benzene rings is 2. The van der Waals surface area contributed by atoms with E-state index in [1.54, 1.807) is 36.5 Å². The Bertz CT molecular complexity index is 1640. The number of fused-ring (bicyclic) bond motifs is 1. The molecule has 9 nitrogen and oxygen atoms in total. The van der Waals surface area contributed by atoms with Crippen molar-refractivity contribution >= 4 is 45.5 Å². The minimum absolute atomic E-state index is 0.149. The maximum atomic E-state index is 13.0. The molecule has 1 amide bonds. The molecule has 10 heteroatoms. The van der Waals surface area contributed by atoms with Gasteiger partial charge in [0.1, 0.15) is 24.2 Å². The number of aromatic nitrogens is 2. The molecule has 2 heterocycles. The van der Waals surface area contributed by atoms with Gasteiger partial charge in [0.25, 0.3) is 0 Å². The molecule has 0 spiro atoms. The van der Waals surface area contributed by atoms with E-state index >= 15 is 0 Å². The highest BCUT2D eigenvalue weighted by atomic mass is 35.5. The number of carbonyl (C=O) groups excluding carboxylic acids is 1. The fraction of sp³-hybridized carbons (Fsp3) is 0.273. The van der Waals surface area contributed by atoms with Gasteiger partial charge in [-0.25, -0.2) is 0 Å². The number of carbonyl (C=O) groups is 1. The second-order valence-electron chi connectivity index (χ2n) is 10.0. The molecule has 0 aliphatic carbocycles. The number of halogens is 1. The Morgan fingerprint density at radius 1 is 1.12 bits per heavy atom. The van der Waals surface area contributed by atoms with Gasteiger partial charge in [0.15, 0.2) is 0 Å². The van der Waals surface area contributed by atoms with Crippen LogP contribution in [-0.4, -0.2) is 47.5 Å². The molecule has 0 saturated carbocycles. The predicted molar refractivity (Wildman–Crippen MR) is 171 cm³/mol. The second-order valence-corrected chi connectivity index (χ2v) is 10.4. The lowest BCUT2D eigenvalue weighted by molar-refractivity contribution is -0.112. The molecule has 0 fully saturated rings. The molecule has 43 heavy (non-hydrogen) atoms. The number of rotatable bonds is 13. The number of nitrogens with zero attached hydrogens (tertiary/aromatic N) is 4.